The van der Waals surface area contributed by atoms with Crippen molar-refractivity contribution in [1.82, 2.24) is 19.4 Å². The minimum Gasteiger partial charge on any atom is -0.497 e. The highest BCUT2D eigenvalue weighted by atomic mass is 16.5. The topological polar surface area (TPSA) is 72.3 Å². The molecular formula is C25H31N5O2. The van der Waals surface area contributed by atoms with Crippen LogP contribution in [0.25, 0.3) is 0 Å². The number of rotatable bonds is 7. The number of carbonyl (C=O) groups excluding carboxylic acids is 1. The van der Waals surface area contributed by atoms with Gasteiger partial charge in [-0.3, -0.25) is 9.78 Å². The maximum Gasteiger partial charge on any atom is 0.242 e. The van der Waals surface area contributed by atoms with Crippen molar-refractivity contribution in [1.29, 1.82) is 0 Å². The van der Waals surface area contributed by atoms with Gasteiger partial charge in [0.25, 0.3) is 0 Å². The van der Waals surface area contributed by atoms with Crippen LogP contribution in [0.15, 0.2) is 48.8 Å². The number of benzene rings is 1. The maximum absolute atomic E-state index is 12.9. The van der Waals surface area contributed by atoms with Crippen molar-refractivity contribution in [2.75, 3.05) is 25.5 Å². The minimum absolute atomic E-state index is 0.134. The van der Waals surface area contributed by atoms with Gasteiger partial charge in [0.15, 0.2) is 0 Å². The van der Waals surface area contributed by atoms with E-state index in [9.17, 15) is 4.79 Å². The Balaban J connectivity index is 1.44. The van der Waals surface area contributed by atoms with Gasteiger partial charge in [0.1, 0.15) is 18.1 Å². The molecule has 2 aromatic heterocycles. The SMILES string of the molecule is COc1cccc(Nc2cc(C)nc([C@H]3CCN(C(=O)Cn4ccnc4C(C)C)C3)c2)c1. The zero-order chi connectivity index (χ0) is 22.7. The second-order valence-corrected chi connectivity index (χ2v) is 8.67. The monoisotopic (exact) mass is 433 g/mol. The number of methoxy groups -OCH3 is 1. The first-order valence-corrected chi connectivity index (χ1v) is 11.1. The van der Waals surface area contributed by atoms with Gasteiger partial charge in [0, 0.05) is 66.1 Å². The van der Waals surface area contributed by atoms with Crippen LogP contribution in [0, 0.1) is 6.92 Å². The van der Waals surface area contributed by atoms with Crippen molar-refractivity contribution < 1.29 is 9.53 Å². The number of ether oxygens (including phenoxy) is 1. The van der Waals surface area contributed by atoms with E-state index in [1.165, 1.54) is 0 Å². The standard InChI is InChI=1S/C25H31N5O2/c1-17(2)25-26-9-11-30(25)16-24(31)29-10-8-19(15-29)23-14-21(12-18(3)27-23)28-20-6-5-7-22(13-20)32-4/h5-7,9,11-14,17,19H,8,10,15-16H2,1-4H3,(H,27,28)/t19-/m0/s1. The molecule has 1 fully saturated rings. The molecule has 1 N–H and O–H groups in total. The highest BCUT2D eigenvalue weighted by molar-refractivity contribution is 5.76. The summed E-state index contributed by atoms with van der Waals surface area (Å²) in [5.74, 6) is 2.41. The Kier molecular flexibility index (Phi) is 6.44. The lowest BCUT2D eigenvalue weighted by molar-refractivity contribution is -0.130. The number of hydrogen-bond acceptors (Lipinski definition) is 5. The van der Waals surface area contributed by atoms with E-state index < -0.39 is 0 Å². The molecule has 0 unspecified atom stereocenters. The molecule has 1 aliphatic heterocycles. The second-order valence-electron chi connectivity index (χ2n) is 8.67. The van der Waals surface area contributed by atoms with Crippen LogP contribution in [0.1, 0.15) is 49.3 Å². The molecule has 4 rings (SSSR count). The fraction of sp³-hybridized carbons (Fsp3) is 0.400. The third-order valence-corrected chi connectivity index (χ3v) is 5.86. The first-order valence-electron chi connectivity index (χ1n) is 11.1. The Morgan fingerprint density at radius 3 is 2.88 bits per heavy atom. The molecule has 32 heavy (non-hydrogen) atoms. The number of aryl methyl sites for hydroxylation is 1. The molecule has 7 nitrogen and oxygen atoms in total. The Labute approximate surface area is 189 Å². The fourth-order valence-corrected chi connectivity index (χ4v) is 4.27. The molecule has 0 spiro atoms. The normalized spacial score (nSPS) is 15.9. The summed E-state index contributed by atoms with van der Waals surface area (Å²) in [6.07, 6.45) is 4.57. The van der Waals surface area contributed by atoms with Crippen LogP contribution < -0.4 is 10.1 Å². The highest BCUT2D eigenvalue weighted by Crippen LogP contribution is 2.30. The lowest BCUT2D eigenvalue weighted by atomic mass is 10.0. The summed E-state index contributed by atoms with van der Waals surface area (Å²) in [7, 11) is 1.66. The van der Waals surface area contributed by atoms with Gasteiger partial charge < -0.3 is 19.5 Å². The van der Waals surface area contributed by atoms with Crippen LogP contribution in [-0.4, -0.2) is 45.5 Å². The van der Waals surface area contributed by atoms with Crippen LogP contribution in [0.2, 0.25) is 0 Å². The van der Waals surface area contributed by atoms with Crippen LogP contribution in [0.3, 0.4) is 0 Å². The lowest BCUT2D eigenvalue weighted by Crippen LogP contribution is -2.32. The van der Waals surface area contributed by atoms with Crippen LogP contribution in [0.5, 0.6) is 5.75 Å². The molecule has 0 aliphatic carbocycles. The molecule has 0 bridgehead atoms. The van der Waals surface area contributed by atoms with Gasteiger partial charge >= 0.3 is 0 Å². The van der Waals surface area contributed by atoms with E-state index in [0.717, 1.165) is 47.3 Å². The summed E-state index contributed by atoms with van der Waals surface area (Å²) < 4.78 is 7.28. The maximum atomic E-state index is 12.9. The summed E-state index contributed by atoms with van der Waals surface area (Å²) in [6.45, 7) is 7.98. The van der Waals surface area contributed by atoms with Gasteiger partial charge in [-0.2, -0.15) is 0 Å². The van der Waals surface area contributed by atoms with E-state index >= 15 is 0 Å². The largest absolute Gasteiger partial charge is 0.497 e. The number of carbonyl (C=O) groups is 1. The van der Waals surface area contributed by atoms with Gasteiger partial charge in [-0.25, -0.2) is 4.98 Å². The molecule has 168 valence electrons. The zero-order valence-electron chi connectivity index (χ0n) is 19.2. The molecule has 3 aromatic rings. The molecule has 1 aromatic carbocycles. The number of nitrogens with one attached hydrogen (secondary N) is 1. The smallest absolute Gasteiger partial charge is 0.242 e. The summed E-state index contributed by atoms with van der Waals surface area (Å²) in [4.78, 5) is 24.1. The zero-order valence-corrected chi connectivity index (χ0v) is 19.2. The number of nitrogens with zero attached hydrogens (tertiary/aromatic N) is 4. The minimum atomic E-state index is 0.134. The quantitative estimate of drug-likeness (QED) is 0.595. The average Bonchev–Trinajstić information content (AvgIpc) is 3.43. The first-order chi connectivity index (χ1) is 15.4. The summed E-state index contributed by atoms with van der Waals surface area (Å²) in [6, 6.07) is 12.0. The number of likely N-dealkylation sites (tertiary alicyclic amines) is 1. The molecule has 1 aliphatic rings. The van der Waals surface area contributed by atoms with E-state index in [4.69, 9.17) is 9.72 Å². The summed E-state index contributed by atoms with van der Waals surface area (Å²) in [5.41, 5.74) is 3.93. The molecule has 1 amide bonds. The van der Waals surface area contributed by atoms with Crippen LogP contribution in [0.4, 0.5) is 11.4 Å². The van der Waals surface area contributed by atoms with Crippen molar-refractivity contribution in [3.8, 4) is 5.75 Å². The molecule has 3 heterocycles. The number of hydrogen-bond donors (Lipinski definition) is 1. The number of anilines is 2. The summed E-state index contributed by atoms with van der Waals surface area (Å²) >= 11 is 0. The van der Waals surface area contributed by atoms with Crippen molar-refractivity contribution in [2.45, 2.75) is 45.6 Å². The molecule has 0 radical (unpaired) electrons. The van der Waals surface area contributed by atoms with E-state index in [1.54, 1.807) is 13.3 Å². The van der Waals surface area contributed by atoms with Gasteiger partial charge in [-0.1, -0.05) is 19.9 Å². The Morgan fingerprint density at radius 1 is 1.25 bits per heavy atom. The van der Waals surface area contributed by atoms with Crippen molar-refractivity contribution in [2.24, 2.45) is 0 Å². The predicted octanol–water partition coefficient (Wildman–Crippen LogP) is 4.48. The fourth-order valence-electron chi connectivity index (χ4n) is 4.27. The van der Waals surface area contributed by atoms with Crippen molar-refractivity contribution in [3.05, 3.63) is 66.0 Å². The lowest BCUT2D eigenvalue weighted by Gasteiger charge is -2.19. The third kappa shape index (κ3) is 4.93. The molecule has 1 saturated heterocycles. The summed E-state index contributed by atoms with van der Waals surface area (Å²) in [5, 5.41) is 3.45. The van der Waals surface area contributed by atoms with E-state index in [1.807, 2.05) is 52.9 Å². The molecule has 0 saturated carbocycles. The average molecular weight is 434 g/mol. The number of aromatic nitrogens is 3. The van der Waals surface area contributed by atoms with Gasteiger partial charge in [0.2, 0.25) is 5.91 Å². The molecule has 7 heteroatoms. The van der Waals surface area contributed by atoms with Gasteiger partial charge in [-0.15, -0.1) is 0 Å². The van der Waals surface area contributed by atoms with Gasteiger partial charge in [-0.05, 0) is 37.6 Å². The van der Waals surface area contributed by atoms with E-state index in [2.05, 4.69) is 30.2 Å². The molecular weight excluding hydrogens is 402 g/mol. The Morgan fingerprint density at radius 2 is 2.09 bits per heavy atom. The number of pyridine rings is 1. The van der Waals surface area contributed by atoms with E-state index in [-0.39, 0.29) is 17.7 Å². The Bertz CT molecular complexity index is 1090. The van der Waals surface area contributed by atoms with Crippen LogP contribution in [-0.2, 0) is 11.3 Å². The van der Waals surface area contributed by atoms with Gasteiger partial charge in [0.05, 0.1) is 7.11 Å². The van der Waals surface area contributed by atoms with Crippen molar-refractivity contribution >= 4 is 17.3 Å². The number of imidazole rings is 1. The third-order valence-electron chi connectivity index (χ3n) is 5.86. The highest BCUT2D eigenvalue weighted by Gasteiger charge is 2.29. The van der Waals surface area contributed by atoms with Crippen LogP contribution >= 0.6 is 0 Å². The second kappa shape index (κ2) is 9.42. The molecule has 1 atom stereocenters. The van der Waals surface area contributed by atoms with Crippen molar-refractivity contribution in [3.63, 3.8) is 0 Å². The number of amides is 1. The Hall–Kier alpha value is -3.35. The predicted molar refractivity (Wildman–Crippen MR) is 126 cm³/mol. The first kappa shape index (κ1) is 21.9. The van der Waals surface area contributed by atoms with E-state index in [0.29, 0.717) is 13.1 Å².